The molecule has 92 valence electrons. The van der Waals surface area contributed by atoms with Gasteiger partial charge in [-0.15, -0.1) is 11.8 Å². The first kappa shape index (κ1) is 11.4. The van der Waals surface area contributed by atoms with Crippen LogP contribution in [-0.2, 0) is 0 Å². The minimum absolute atomic E-state index is 0.479. The first-order valence-electron chi connectivity index (χ1n) is 6.22. The Balaban J connectivity index is 1.74. The van der Waals surface area contributed by atoms with Gasteiger partial charge in [0.05, 0.1) is 0 Å². The Kier molecular flexibility index (Phi) is 3.27. The zero-order valence-electron chi connectivity index (χ0n) is 9.85. The van der Waals surface area contributed by atoms with E-state index < -0.39 is 0 Å². The summed E-state index contributed by atoms with van der Waals surface area (Å²) in [5.41, 5.74) is 1.18. The monoisotopic (exact) mass is 250 g/mol. The van der Waals surface area contributed by atoms with Crippen molar-refractivity contribution in [2.75, 3.05) is 38.5 Å². The van der Waals surface area contributed by atoms with Gasteiger partial charge in [0.15, 0.2) is 0 Å². The Bertz CT molecular complexity index is 404. The number of hydrogen-bond acceptors (Lipinski definition) is 4. The van der Waals surface area contributed by atoms with Crippen molar-refractivity contribution >= 4 is 11.8 Å². The van der Waals surface area contributed by atoms with Gasteiger partial charge in [-0.2, -0.15) is 0 Å². The van der Waals surface area contributed by atoms with Gasteiger partial charge in [-0.1, -0.05) is 6.07 Å². The topological polar surface area (TPSA) is 35.5 Å². The largest absolute Gasteiger partial charge is 0.508 e. The van der Waals surface area contributed by atoms with Gasteiger partial charge in [0, 0.05) is 54.9 Å². The molecule has 1 aromatic carbocycles. The number of nitrogens with zero attached hydrogens (tertiary/aromatic N) is 1. The summed E-state index contributed by atoms with van der Waals surface area (Å²) in [6.45, 7) is 5.52. The third-order valence-electron chi connectivity index (χ3n) is 3.58. The maximum atomic E-state index is 9.99. The Morgan fingerprint density at radius 3 is 3.00 bits per heavy atom. The lowest BCUT2D eigenvalue weighted by Crippen LogP contribution is -2.45. The van der Waals surface area contributed by atoms with E-state index in [1.807, 2.05) is 23.9 Å². The molecule has 1 atom stereocenters. The lowest BCUT2D eigenvalue weighted by molar-refractivity contribution is 0.230. The van der Waals surface area contributed by atoms with Gasteiger partial charge < -0.3 is 15.3 Å². The maximum Gasteiger partial charge on any atom is 0.120 e. The molecule has 1 unspecified atom stereocenters. The summed E-state index contributed by atoms with van der Waals surface area (Å²) in [5.74, 6) is 2.08. The second kappa shape index (κ2) is 4.88. The van der Waals surface area contributed by atoms with E-state index >= 15 is 0 Å². The summed E-state index contributed by atoms with van der Waals surface area (Å²) < 4.78 is 0. The molecule has 2 N–H and O–H groups in total. The molecule has 0 saturated carbocycles. The van der Waals surface area contributed by atoms with Crippen molar-refractivity contribution < 1.29 is 5.11 Å². The van der Waals surface area contributed by atoms with Crippen LogP contribution in [0.15, 0.2) is 23.1 Å². The van der Waals surface area contributed by atoms with E-state index in [0.717, 1.165) is 38.5 Å². The fourth-order valence-corrected chi connectivity index (χ4v) is 3.95. The lowest BCUT2D eigenvalue weighted by Gasteiger charge is -2.29. The first-order valence-corrected chi connectivity index (χ1v) is 7.21. The average molecular weight is 250 g/mol. The quantitative estimate of drug-likeness (QED) is 0.833. The number of phenols is 1. The standard InChI is InChI=1S/C13H18N2OS/c16-11-2-1-3-12-13(11)10(9-17-12)8-15-6-4-14-5-7-15/h1-3,10,14,16H,4-9H2. The number of aromatic hydroxyl groups is 1. The molecule has 1 fully saturated rings. The van der Waals surface area contributed by atoms with E-state index in [1.165, 1.54) is 10.5 Å². The van der Waals surface area contributed by atoms with E-state index in [9.17, 15) is 5.11 Å². The predicted octanol–water partition coefficient (Wildman–Crippen LogP) is 1.49. The van der Waals surface area contributed by atoms with Gasteiger partial charge in [0.2, 0.25) is 0 Å². The third-order valence-corrected chi connectivity index (χ3v) is 4.82. The number of piperazine rings is 1. The van der Waals surface area contributed by atoms with Crippen LogP contribution in [0.5, 0.6) is 5.75 Å². The van der Waals surface area contributed by atoms with Crippen molar-refractivity contribution in [3.05, 3.63) is 23.8 Å². The van der Waals surface area contributed by atoms with Gasteiger partial charge >= 0.3 is 0 Å². The third kappa shape index (κ3) is 2.30. The summed E-state index contributed by atoms with van der Waals surface area (Å²) in [6.07, 6.45) is 0. The van der Waals surface area contributed by atoms with Gasteiger partial charge in [0.1, 0.15) is 5.75 Å². The number of fused-ring (bicyclic) bond motifs is 1. The zero-order valence-corrected chi connectivity index (χ0v) is 10.7. The summed E-state index contributed by atoms with van der Waals surface area (Å²) in [6, 6.07) is 5.88. The summed E-state index contributed by atoms with van der Waals surface area (Å²) in [4.78, 5) is 3.77. The highest BCUT2D eigenvalue weighted by Crippen LogP contribution is 2.44. The van der Waals surface area contributed by atoms with Crippen LogP contribution in [0.3, 0.4) is 0 Å². The highest BCUT2D eigenvalue weighted by atomic mass is 32.2. The van der Waals surface area contributed by atoms with Crippen LogP contribution < -0.4 is 5.32 Å². The molecular weight excluding hydrogens is 232 g/mol. The average Bonchev–Trinajstić information content (AvgIpc) is 2.75. The van der Waals surface area contributed by atoms with Crippen LogP contribution in [0.2, 0.25) is 0 Å². The van der Waals surface area contributed by atoms with Crippen LogP contribution >= 0.6 is 11.8 Å². The Hall–Kier alpha value is -0.710. The number of nitrogens with one attached hydrogen (secondary N) is 1. The van der Waals surface area contributed by atoms with Crippen LogP contribution in [0.25, 0.3) is 0 Å². The molecule has 3 nitrogen and oxygen atoms in total. The van der Waals surface area contributed by atoms with E-state index in [2.05, 4.69) is 16.3 Å². The highest BCUT2D eigenvalue weighted by Gasteiger charge is 2.28. The number of phenolic OH excluding ortho intramolecular Hbond substituents is 1. The normalized spacial score (nSPS) is 24.8. The summed E-state index contributed by atoms with van der Waals surface area (Å²) in [5, 5.41) is 13.4. The lowest BCUT2D eigenvalue weighted by atomic mass is 9.99. The van der Waals surface area contributed by atoms with Crippen LogP contribution in [-0.4, -0.2) is 48.5 Å². The second-order valence-corrected chi connectivity index (χ2v) is 5.81. The molecular formula is C13H18N2OS. The first-order chi connectivity index (χ1) is 8.34. The number of benzene rings is 1. The van der Waals surface area contributed by atoms with Crippen molar-refractivity contribution in [3.8, 4) is 5.75 Å². The summed E-state index contributed by atoms with van der Waals surface area (Å²) in [7, 11) is 0. The minimum Gasteiger partial charge on any atom is -0.508 e. The van der Waals surface area contributed by atoms with Crippen LogP contribution in [0, 0.1) is 0 Å². The Labute approximate surface area is 106 Å². The van der Waals surface area contributed by atoms with Crippen molar-refractivity contribution in [3.63, 3.8) is 0 Å². The highest BCUT2D eigenvalue weighted by molar-refractivity contribution is 7.99. The van der Waals surface area contributed by atoms with Gasteiger partial charge in [0.25, 0.3) is 0 Å². The van der Waals surface area contributed by atoms with E-state index in [4.69, 9.17) is 0 Å². The molecule has 2 aliphatic heterocycles. The van der Waals surface area contributed by atoms with Crippen molar-refractivity contribution in [2.24, 2.45) is 0 Å². The van der Waals surface area contributed by atoms with Crippen molar-refractivity contribution in [1.29, 1.82) is 0 Å². The molecule has 0 spiro atoms. The smallest absolute Gasteiger partial charge is 0.120 e. The van der Waals surface area contributed by atoms with Gasteiger partial charge in [-0.25, -0.2) is 0 Å². The predicted molar refractivity (Wildman–Crippen MR) is 70.9 cm³/mol. The summed E-state index contributed by atoms with van der Waals surface area (Å²) >= 11 is 1.88. The number of hydrogen-bond donors (Lipinski definition) is 2. The number of rotatable bonds is 2. The van der Waals surface area contributed by atoms with E-state index in [-0.39, 0.29) is 0 Å². The van der Waals surface area contributed by atoms with Crippen LogP contribution in [0.4, 0.5) is 0 Å². The van der Waals surface area contributed by atoms with Crippen LogP contribution in [0.1, 0.15) is 11.5 Å². The minimum atomic E-state index is 0.479. The molecule has 0 aliphatic carbocycles. The van der Waals surface area contributed by atoms with Crippen molar-refractivity contribution in [2.45, 2.75) is 10.8 Å². The fourth-order valence-electron chi connectivity index (χ4n) is 2.69. The molecule has 17 heavy (non-hydrogen) atoms. The van der Waals surface area contributed by atoms with E-state index in [0.29, 0.717) is 11.7 Å². The van der Waals surface area contributed by atoms with Crippen molar-refractivity contribution in [1.82, 2.24) is 10.2 Å². The molecule has 4 heteroatoms. The van der Waals surface area contributed by atoms with Gasteiger partial charge in [-0.3, -0.25) is 0 Å². The molecule has 2 aliphatic rings. The second-order valence-electron chi connectivity index (χ2n) is 4.75. The van der Waals surface area contributed by atoms with E-state index in [1.54, 1.807) is 0 Å². The Morgan fingerprint density at radius 2 is 2.18 bits per heavy atom. The molecule has 0 radical (unpaired) electrons. The number of thioether (sulfide) groups is 1. The maximum absolute atomic E-state index is 9.99. The molecule has 3 rings (SSSR count). The molecule has 0 aromatic heterocycles. The van der Waals surface area contributed by atoms with Gasteiger partial charge in [-0.05, 0) is 12.1 Å². The molecule has 2 heterocycles. The molecule has 1 saturated heterocycles. The molecule has 0 amide bonds. The SMILES string of the molecule is Oc1cccc2c1C(CN1CCNCC1)CS2. The fraction of sp³-hybridized carbons (Fsp3) is 0.538. The molecule has 1 aromatic rings. The Morgan fingerprint density at radius 1 is 1.35 bits per heavy atom. The molecule has 0 bridgehead atoms. The zero-order chi connectivity index (χ0) is 11.7.